The minimum absolute atomic E-state index is 0.236. The Balaban J connectivity index is 2.47. The van der Waals surface area contributed by atoms with Crippen LogP contribution >= 0.6 is 0 Å². The fourth-order valence-electron chi connectivity index (χ4n) is 1.31. The van der Waals surface area contributed by atoms with Gasteiger partial charge in [0, 0.05) is 0 Å². The van der Waals surface area contributed by atoms with E-state index in [4.69, 9.17) is 5.73 Å². The van der Waals surface area contributed by atoms with Crippen molar-refractivity contribution in [2.24, 2.45) is 17.6 Å². The van der Waals surface area contributed by atoms with Crippen LogP contribution in [0.15, 0.2) is 0 Å². The summed E-state index contributed by atoms with van der Waals surface area (Å²) in [6.07, 6.45) is 2.36. The second-order valence-electron chi connectivity index (χ2n) is 3.64. The molecule has 2 nitrogen and oxygen atoms in total. The van der Waals surface area contributed by atoms with E-state index in [1.54, 1.807) is 0 Å². The number of hydrogen-bond donors (Lipinski definition) is 2. The summed E-state index contributed by atoms with van der Waals surface area (Å²) in [5, 5.41) is 9.84. The van der Waals surface area contributed by atoms with Crippen molar-refractivity contribution in [1.82, 2.24) is 0 Å². The topological polar surface area (TPSA) is 46.2 Å². The zero-order valence-electron chi connectivity index (χ0n) is 6.80. The van der Waals surface area contributed by atoms with E-state index < -0.39 is 5.60 Å². The standard InChI is InChI=1S/C8H17NO/c1-6(5-9)8(2,10)7-3-4-7/h6-7,10H,3-5,9H2,1-2H3. The van der Waals surface area contributed by atoms with Gasteiger partial charge < -0.3 is 10.8 Å². The molecule has 3 N–H and O–H groups in total. The van der Waals surface area contributed by atoms with E-state index in [1.807, 2.05) is 13.8 Å². The Bertz CT molecular complexity index is 118. The van der Waals surface area contributed by atoms with Crippen LogP contribution in [0.3, 0.4) is 0 Å². The van der Waals surface area contributed by atoms with Gasteiger partial charge in [-0.3, -0.25) is 0 Å². The number of rotatable bonds is 3. The lowest BCUT2D eigenvalue weighted by atomic mass is 9.86. The maximum atomic E-state index is 9.84. The first-order chi connectivity index (χ1) is 4.59. The van der Waals surface area contributed by atoms with Crippen molar-refractivity contribution >= 4 is 0 Å². The first-order valence-corrected chi connectivity index (χ1v) is 4.01. The van der Waals surface area contributed by atoms with Gasteiger partial charge in [-0.1, -0.05) is 6.92 Å². The van der Waals surface area contributed by atoms with Crippen LogP contribution in [0.2, 0.25) is 0 Å². The number of aliphatic hydroxyl groups is 1. The molecule has 2 atom stereocenters. The minimum Gasteiger partial charge on any atom is -0.390 e. The number of nitrogens with two attached hydrogens (primary N) is 1. The molecule has 0 spiro atoms. The fourth-order valence-corrected chi connectivity index (χ4v) is 1.31. The Hall–Kier alpha value is -0.0800. The fraction of sp³-hybridized carbons (Fsp3) is 1.00. The third kappa shape index (κ3) is 1.32. The molecule has 0 aliphatic heterocycles. The molecule has 1 saturated carbocycles. The molecule has 1 aliphatic rings. The Morgan fingerprint density at radius 2 is 2.20 bits per heavy atom. The summed E-state index contributed by atoms with van der Waals surface area (Å²) in [7, 11) is 0. The van der Waals surface area contributed by atoms with Crippen LogP contribution < -0.4 is 5.73 Å². The first-order valence-electron chi connectivity index (χ1n) is 4.01. The quantitative estimate of drug-likeness (QED) is 0.612. The van der Waals surface area contributed by atoms with Crippen molar-refractivity contribution in [3.63, 3.8) is 0 Å². The van der Waals surface area contributed by atoms with Crippen molar-refractivity contribution in [3.05, 3.63) is 0 Å². The van der Waals surface area contributed by atoms with E-state index in [1.165, 1.54) is 12.8 Å². The lowest BCUT2D eigenvalue weighted by Gasteiger charge is -2.29. The summed E-state index contributed by atoms with van der Waals surface area (Å²) >= 11 is 0. The molecule has 2 heteroatoms. The molecule has 0 aromatic carbocycles. The molecule has 2 unspecified atom stereocenters. The van der Waals surface area contributed by atoms with Crippen molar-refractivity contribution in [2.45, 2.75) is 32.3 Å². The summed E-state index contributed by atoms with van der Waals surface area (Å²) < 4.78 is 0. The van der Waals surface area contributed by atoms with E-state index >= 15 is 0 Å². The molecule has 0 heterocycles. The minimum atomic E-state index is -0.505. The molecule has 1 rings (SSSR count). The van der Waals surface area contributed by atoms with Crippen LogP contribution in [0.25, 0.3) is 0 Å². The SMILES string of the molecule is CC(CN)C(C)(O)C1CC1. The predicted octanol–water partition coefficient (Wildman–Crippen LogP) is 0.742. The molecule has 0 amide bonds. The van der Waals surface area contributed by atoms with Crippen LogP contribution in [-0.2, 0) is 0 Å². The lowest BCUT2D eigenvalue weighted by Crippen LogP contribution is -2.39. The highest BCUT2D eigenvalue weighted by Gasteiger charge is 2.42. The Labute approximate surface area is 62.4 Å². The number of hydrogen-bond acceptors (Lipinski definition) is 2. The van der Waals surface area contributed by atoms with Crippen LogP contribution in [0.4, 0.5) is 0 Å². The van der Waals surface area contributed by atoms with Crippen LogP contribution in [0.1, 0.15) is 26.7 Å². The van der Waals surface area contributed by atoms with E-state index in [-0.39, 0.29) is 5.92 Å². The highest BCUT2D eigenvalue weighted by Crippen LogP contribution is 2.42. The summed E-state index contributed by atoms with van der Waals surface area (Å²) in [6.45, 7) is 4.50. The Morgan fingerprint density at radius 3 is 2.50 bits per heavy atom. The van der Waals surface area contributed by atoms with E-state index in [0.29, 0.717) is 12.5 Å². The summed E-state index contributed by atoms with van der Waals surface area (Å²) in [4.78, 5) is 0. The Kier molecular flexibility index (Phi) is 2.02. The van der Waals surface area contributed by atoms with Gasteiger partial charge in [0.25, 0.3) is 0 Å². The van der Waals surface area contributed by atoms with Crippen LogP contribution in [0, 0.1) is 11.8 Å². The summed E-state index contributed by atoms with van der Waals surface area (Å²) in [5.74, 6) is 0.756. The van der Waals surface area contributed by atoms with Crippen LogP contribution in [0.5, 0.6) is 0 Å². The van der Waals surface area contributed by atoms with Gasteiger partial charge in [0.2, 0.25) is 0 Å². The smallest absolute Gasteiger partial charge is 0.0685 e. The maximum Gasteiger partial charge on any atom is 0.0685 e. The molecule has 0 saturated heterocycles. The van der Waals surface area contributed by atoms with Gasteiger partial charge in [-0.2, -0.15) is 0 Å². The van der Waals surface area contributed by atoms with Crippen molar-refractivity contribution in [1.29, 1.82) is 0 Å². The van der Waals surface area contributed by atoms with Gasteiger partial charge >= 0.3 is 0 Å². The van der Waals surface area contributed by atoms with E-state index in [2.05, 4.69) is 0 Å². The van der Waals surface area contributed by atoms with Crippen molar-refractivity contribution in [2.75, 3.05) is 6.54 Å². The monoisotopic (exact) mass is 143 g/mol. The molecule has 1 fully saturated rings. The third-order valence-electron chi connectivity index (χ3n) is 2.76. The van der Waals surface area contributed by atoms with Gasteiger partial charge in [0.15, 0.2) is 0 Å². The van der Waals surface area contributed by atoms with Crippen molar-refractivity contribution in [3.8, 4) is 0 Å². The first kappa shape index (κ1) is 8.02. The molecule has 60 valence electrons. The molecular weight excluding hydrogens is 126 g/mol. The van der Waals surface area contributed by atoms with Gasteiger partial charge in [-0.05, 0) is 38.1 Å². The molecule has 0 bridgehead atoms. The predicted molar refractivity (Wildman–Crippen MR) is 41.6 cm³/mol. The summed E-state index contributed by atoms with van der Waals surface area (Å²) in [5.41, 5.74) is 4.96. The van der Waals surface area contributed by atoms with Gasteiger partial charge in [-0.25, -0.2) is 0 Å². The molecule has 10 heavy (non-hydrogen) atoms. The van der Waals surface area contributed by atoms with Gasteiger partial charge in [0.1, 0.15) is 0 Å². The average Bonchev–Trinajstić information content (AvgIpc) is 2.66. The second kappa shape index (κ2) is 2.51. The summed E-state index contributed by atoms with van der Waals surface area (Å²) in [6, 6.07) is 0. The molecular formula is C8H17NO. The van der Waals surface area contributed by atoms with Crippen LogP contribution in [-0.4, -0.2) is 17.3 Å². The van der Waals surface area contributed by atoms with Gasteiger partial charge in [0.05, 0.1) is 5.60 Å². The van der Waals surface area contributed by atoms with E-state index in [9.17, 15) is 5.11 Å². The Morgan fingerprint density at radius 1 is 1.70 bits per heavy atom. The molecule has 1 aliphatic carbocycles. The highest BCUT2D eigenvalue weighted by molar-refractivity contribution is 4.94. The van der Waals surface area contributed by atoms with E-state index in [0.717, 1.165) is 0 Å². The zero-order valence-corrected chi connectivity index (χ0v) is 6.80. The highest BCUT2D eigenvalue weighted by atomic mass is 16.3. The normalized spacial score (nSPS) is 27.6. The largest absolute Gasteiger partial charge is 0.390 e. The average molecular weight is 143 g/mol. The maximum absolute atomic E-state index is 9.84. The molecule has 0 radical (unpaired) electrons. The lowest BCUT2D eigenvalue weighted by molar-refractivity contribution is -0.0115. The zero-order chi connectivity index (χ0) is 7.78. The van der Waals surface area contributed by atoms with Crippen molar-refractivity contribution < 1.29 is 5.11 Å². The third-order valence-corrected chi connectivity index (χ3v) is 2.76. The second-order valence-corrected chi connectivity index (χ2v) is 3.64. The molecule has 0 aromatic heterocycles. The molecule has 0 aromatic rings. The van der Waals surface area contributed by atoms with Gasteiger partial charge in [-0.15, -0.1) is 0 Å².